The van der Waals surface area contributed by atoms with Crippen molar-refractivity contribution >= 4 is 0 Å². The molecule has 2 nitrogen and oxygen atoms in total. The van der Waals surface area contributed by atoms with E-state index in [-0.39, 0.29) is 0 Å². The molecule has 0 spiro atoms. The molecule has 0 radical (unpaired) electrons. The van der Waals surface area contributed by atoms with Gasteiger partial charge in [0.1, 0.15) is 0 Å². The van der Waals surface area contributed by atoms with Crippen molar-refractivity contribution in [1.29, 1.82) is 0 Å². The minimum absolute atomic E-state index is 0.352. The highest BCUT2D eigenvalue weighted by molar-refractivity contribution is 4.91. The minimum Gasteiger partial charge on any atom is -0.314 e. The Morgan fingerprint density at radius 3 is 2.43 bits per heavy atom. The van der Waals surface area contributed by atoms with Crippen molar-refractivity contribution in [3.8, 4) is 0 Å². The predicted octanol–water partition coefficient (Wildman–Crippen LogP) is 4.55. The van der Waals surface area contributed by atoms with Crippen molar-refractivity contribution in [2.75, 3.05) is 20.1 Å². The first-order valence-corrected chi connectivity index (χ1v) is 9.00. The number of rotatable bonds is 6. The normalized spacial score (nSPS) is 27.9. The van der Waals surface area contributed by atoms with Gasteiger partial charge in [0.25, 0.3) is 0 Å². The van der Waals surface area contributed by atoms with Crippen LogP contribution in [0.2, 0.25) is 0 Å². The second-order valence-corrected chi connectivity index (χ2v) is 9.21. The molecule has 1 rings (SSSR count). The van der Waals surface area contributed by atoms with Gasteiger partial charge in [0, 0.05) is 18.6 Å². The molecule has 126 valence electrons. The lowest BCUT2D eigenvalue weighted by Gasteiger charge is -2.45. The Morgan fingerprint density at radius 1 is 1.29 bits per heavy atom. The third kappa shape index (κ3) is 5.90. The SMILES string of the molecule is CCCNC1CCC(C)(C)CC1CN(C)C(C)C(C)(C)C. The van der Waals surface area contributed by atoms with E-state index in [2.05, 4.69) is 65.7 Å². The van der Waals surface area contributed by atoms with Crippen molar-refractivity contribution < 1.29 is 0 Å². The first-order chi connectivity index (χ1) is 9.57. The molecule has 0 amide bonds. The second kappa shape index (κ2) is 7.46. The third-order valence-corrected chi connectivity index (χ3v) is 5.61. The molecule has 3 unspecified atom stereocenters. The van der Waals surface area contributed by atoms with E-state index >= 15 is 0 Å². The molecule has 0 saturated heterocycles. The van der Waals surface area contributed by atoms with E-state index in [0.29, 0.717) is 22.9 Å². The molecule has 0 aromatic rings. The fourth-order valence-corrected chi connectivity index (χ4v) is 3.72. The van der Waals surface area contributed by atoms with E-state index in [9.17, 15) is 0 Å². The van der Waals surface area contributed by atoms with Gasteiger partial charge < -0.3 is 10.2 Å². The molecule has 0 aromatic carbocycles. The van der Waals surface area contributed by atoms with Crippen LogP contribution in [0.4, 0.5) is 0 Å². The van der Waals surface area contributed by atoms with Crippen LogP contribution in [0, 0.1) is 16.7 Å². The van der Waals surface area contributed by atoms with Gasteiger partial charge in [-0.1, -0.05) is 41.5 Å². The van der Waals surface area contributed by atoms with Crippen LogP contribution in [0.15, 0.2) is 0 Å². The Kier molecular flexibility index (Phi) is 6.74. The average molecular weight is 297 g/mol. The molecule has 0 aromatic heterocycles. The molecule has 0 bridgehead atoms. The maximum absolute atomic E-state index is 3.82. The molecule has 1 saturated carbocycles. The number of nitrogens with zero attached hydrogens (tertiary/aromatic N) is 1. The Labute approximate surface area is 134 Å². The zero-order valence-electron chi connectivity index (χ0n) is 15.9. The van der Waals surface area contributed by atoms with Crippen LogP contribution in [-0.2, 0) is 0 Å². The van der Waals surface area contributed by atoms with Crippen LogP contribution in [-0.4, -0.2) is 37.1 Å². The fraction of sp³-hybridized carbons (Fsp3) is 1.00. The third-order valence-electron chi connectivity index (χ3n) is 5.61. The van der Waals surface area contributed by atoms with Crippen LogP contribution in [0.1, 0.15) is 74.1 Å². The lowest BCUT2D eigenvalue weighted by molar-refractivity contribution is 0.0690. The van der Waals surface area contributed by atoms with Gasteiger partial charge in [0.05, 0.1) is 0 Å². The van der Waals surface area contributed by atoms with Gasteiger partial charge in [-0.05, 0) is 62.9 Å². The summed E-state index contributed by atoms with van der Waals surface area (Å²) in [4.78, 5) is 2.59. The van der Waals surface area contributed by atoms with Gasteiger partial charge >= 0.3 is 0 Å². The van der Waals surface area contributed by atoms with Crippen LogP contribution >= 0.6 is 0 Å². The van der Waals surface area contributed by atoms with Crippen molar-refractivity contribution in [1.82, 2.24) is 10.2 Å². The van der Waals surface area contributed by atoms with E-state index in [4.69, 9.17) is 0 Å². The van der Waals surface area contributed by atoms with Crippen LogP contribution in [0.3, 0.4) is 0 Å². The molecule has 1 fully saturated rings. The summed E-state index contributed by atoms with van der Waals surface area (Å²) < 4.78 is 0. The smallest absolute Gasteiger partial charge is 0.0112 e. The van der Waals surface area contributed by atoms with Crippen molar-refractivity contribution in [3.05, 3.63) is 0 Å². The predicted molar refractivity (Wildman–Crippen MR) is 94.8 cm³/mol. The van der Waals surface area contributed by atoms with Crippen LogP contribution in [0.25, 0.3) is 0 Å². The number of nitrogens with one attached hydrogen (secondary N) is 1. The highest BCUT2D eigenvalue weighted by Gasteiger charge is 2.36. The summed E-state index contributed by atoms with van der Waals surface area (Å²) in [7, 11) is 2.31. The molecule has 2 heteroatoms. The Hall–Kier alpha value is -0.0800. The summed E-state index contributed by atoms with van der Waals surface area (Å²) in [6.07, 6.45) is 5.30. The maximum Gasteiger partial charge on any atom is 0.0112 e. The molecule has 0 aliphatic heterocycles. The summed E-state index contributed by atoms with van der Waals surface area (Å²) in [6.45, 7) is 19.0. The fourth-order valence-electron chi connectivity index (χ4n) is 3.72. The summed E-state index contributed by atoms with van der Waals surface area (Å²) >= 11 is 0. The topological polar surface area (TPSA) is 15.3 Å². The molecule has 21 heavy (non-hydrogen) atoms. The molecule has 1 N–H and O–H groups in total. The van der Waals surface area contributed by atoms with Gasteiger partial charge in [-0.2, -0.15) is 0 Å². The highest BCUT2D eigenvalue weighted by Crippen LogP contribution is 2.39. The van der Waals surface area contributed by atoms with Crippen LogP contribution < -0.4 is 5.32 Å². The maximum atomic E-state index is 3.82. The number of hydrogen-bond acceptors (Lipinski definition) is 2. The summed E-state index contributed by atoms with van der Waals surface area (Å²) in [6, 6.07) is 1.34. The van der Waals surface area contributed by atoms with Crippen molar-refractivity contribution in [2.24, 2.45) is 16.7 Å². The zero-order valence-corrected chi connectivity index (χ0v) is 15.9. The molecule has 1 aliphatic rings. The van der Waals surface area contributed by atoms with E-state index in [1.54, 1.807) is 0 Å². The zero-order chi connectivity index (χ0) is 16.3. The molecule has 1 aliphatic carbocycles. The number of hydrogen-bond donors (Lipinski definition) is 1. The van der Waals surface area contributed by atoms with Gasteiger partial charge in [0.15, 0.2) is 0 Å². The van der Waals surface area contributed by atoms with E-state index < -0.39 is 0 Å². The Balaban J connectivity index is 2.69. The lowest BCUT2D eigenvalue weighted by atomic mass is 9.69. The summed E-state index contributed by atoms with van der Waals surface area (Å²) in [5, 5.41) is 3.82. The molecule has 3 atom stereocenters. The minimum atomic E-state index is 0.352. The van der Waals surface area contributed by atoms with Gasteiger partial charge in [0.2, 0.25) is 0 Å². The van der Waals surface area contributed by atoms with Gasteiger partial charge in [-0.3, -0.25) is 0 Å². The first-order valence-electron chi connectivity index (χ1n) is 9.00. The molecular weight excluding hydrogens is 256 g/mol. The van der Waals surface area contributed by atoms with Crippen LogP contribution in [0.5, 0.6) is 0 Å². The van der Waals surface area contributed by atoms with E-state index in [1.165, 1.54) is 38.8 Å². The van der Waals surface area contributed by atoms with Crippen molar-refractivity contribution in [2.45, 2.75) is 86.2 Å². The largest absolute Gasteiger partial charge is 0.314 e. The lowest BCUT2D eigenvalue weighted by Crippen LogP contribution is -2.50. The van der Waals surface area contributed by atoms with Gasteiger partial charge in [-0.15, -0.1) is 0 Å². The Morgan fingerprint density at radius 2 is 1.90 bits per heavy atom. The van der Waals surface area contributed by atoms with Gasteiger partial charge in [-0.25, -0.2) is 0 Å². The van der Waals surface area contributed by atoms with E-state index in [0.717, 1.165) is 5.92 Å². The molecule has 0 heterocycles. The average Bonchev–Trinajstić information content (AvgIpc) is 2.35. The first kappa shape index (κ1) is 19.0. The molecular formula is C19H40N2. The van der Waals surface area contributed by atoms with Crippen molar-refractivity contribution in [3.63, 3.8) is 0 Å². The monoisotopic (exact) mass is 296 g/mol. The second-order valence-electron chi connectivity index (χ2n) is 9.21. The Bertz CT molecular complexity index is 303. The van der Waals surface area contributed by atoms with E-state index in [1.807, 2.05) is 0 Å². The highest BCUT2D eigenvalue weighted by atomic mass is 15.1. The quantitative estimate of drug-likeness (QED) is 0.773. The summed E-state index contributed by atoms with van der Waals surface area (Å²) in [5.41, 5.74) is 0.867. The summed E-state index contributed by atoms with van der Waals surface area (Å²) in [5.74, 6) is 0.787. The standard InChI is InChI=1S/C19H40N2/c1-9-12-20-17-10-11-19(6,7)13-16(17)14-21(8)15(2)18(3,4)5/h15-17,20H,9-14H2,1-8H3.